The molecular weight excluding hydrogens is 430 g/mol. The fourth-order valence-corrected chi connectivity index (χ4v) is 4.55. The average Bonchev–Trinajstić information content (AvgIpc) is 3.22. The standard InChI is InChI=1S/C23H21N3O5S/c27-23(25-28)22(14-16-15-24-21-9-5-4-8-20(16)21)26-32(29,30)19-12-10-18(11-13-19)31-17-6-2-1-3-7-17/h1-13,15,22,24,26,28H,14H2,(H,25,27). The lowest BCUT2D eigenvalue weighted by Crippen LogP contribution is -2.47. The number of ether oxygens (including phenoxy) is 1. The van der Waals surface area contributed by atoms with Crippen LogP contribution in [-0.4, -0.2) is 30.6 Å². The van der Waals surface area contributed by atoms with Crippen LogP contribution in [0.3, 0.4) is 0 Å². The Balaban J connectivity index is 1.53. The Morgan fingerprint density at radius 2 is 1.59 bits per heavy atom. The number of rotatable bonds is 8. The van der Waals surface area contributed by atoms with Crippen molar-refractivity contribution >= 4 is 26.8 Å². The molecule has 4 N–H and O–H groups in total. The molecule has 1 amide bonds. The van der Waals surface area contributed by atoms with Gasteiger partial charge >= 0.3 is 0 Å². The number of fused-ring (bicyclic) bond motifs is 1. The van der Waals surface area contributed by atoms with Gasteiger partial charge in [0, 0.05) is 17.1 Å². The van der Waals surface area contributed by atoms with Gasteiger partial charge in [-0.25, -0.2) is 13.9 Å². The van der Waals surface area contributed by atoms with E-state index in [0.717, 1.165) is 16.5 Å². The highest BCUT2D eigenvalue weighted by Gasteiger charge is 2.27. The first-order valence-corrected chi connectivity index (χ1v) is 11.3. The molecular formula is C23H21N3O5S. The highest BCUT2D eigenvalue weighted by atomic mass is 32.2. The van der Waals surface area contributed by atoms with Gasteiger partial charge in [0.15, 0.2) is 0 Å². The summed E-state index contributed by atoms with van der Waals surface area (Å²) in [4.78, 5) is 15.3. The predicted molar refractivity (Wildman–Crippen MR) is 119 cm³/mol. The second kappa shape index (κ2) is 9.23. The summed E-state index contributed by atoms with van der Waals surface area (Å²) in [5.41, 5.74) is 3.14. The number of hydrogen-bond donors (Lipinski definition) is 4. The number of para-hydroxylation sites is 2. The first kappa shape index (κ1) is 21.6. The van der Waals surface area contributed by atoms with Crippen molar-refractivity contribution in [2.45, 2.75) is 17.4 Å². The third kappa shape index (κ3) is 4.80. The van der Waals surface area contributed by atoms with E-state index < -0.39 is 22.0 Å². The van der Waals surface area contributed by atoms with Crippen molar-refractivity contribution < 1.29 is 23.2 Å². The Bertz CT molecular complexity index is 1320. The molecule has 0 aliphatic heterocycles. The van der Waals surface area contributed by atoms with E-state index in [4.69, 9.17) is 9.94 Å². The molecule has 0 fully saturated rings. The van der Waals surface area contributed by atoms with Crippen LogP contribution in [0, 0.1) is 0 Å². The van der Waals surface area contributed by atoms with Crippen molar-refractivity contribution in [1.82, 2.24) is 15.2 Å². The summed E-state index contributed by atoms with van der Waals surface area (Å²) in [5, 5.41) is 10.00. The van der Waals surface area contributed by atoms with Crippen LogP contribution in [0.15, 0.2) is 90.0 Å². The maximum absolute atomic E-state index is 12.9. The van der Waals surface area contributed by atoms with Gasteiger partial charge < -0.3 is 9.72 Å². The van der Waals surface area contributed by atoms with Gasteiger partial charge in [-0.1, -0.05) is 36.4 Å². The second-order valence-corrected chi connectivity index (χ2v) is 8.81. The molecule has 4 rings (SSSR count). The molecule has 4 aromatic rings. The van der Waals surface area contributed by atoms with E-state index in [1.807, 2.05) is 42.5 Å². The smallest absolute Gasteiger partial charge is 0.261 e. The van der Waals surface area contributed by atoms with Gasteiger partial charge in [-0.15, -0.1) is 0 Å². The molecule has 1 atom stereocenters. The third-order valence-electron chi connectivity index (χ3n) is 4.94. The minimum Gasteiger partial charge on any atom is -0.457 e. The molecule has 0 bridgehead atoms. The van der Waals surface area contributed by atoms with Crippen molar-refractivity contribution in [3.63, 3.8) is 0 Å². The van der Waals surface area contributed by atoms with E-state index >= 15 is 0 Å². The largest absolute Gasteiger partial charge is 0.457 e. The van der Waals surface area contributed by atoms with Crippen molar-refractivity contribution in [2.75, 3.05) is 0 Å². The average molecular weight is 452 g/mol. The van der Waals surface area contributed by atoms with Crippen LogP contribution in [0.4, 0.5) is 0 Å². The van der Waals surface area contributed by atoms with Crippen molar-refractivity contribution in [3.05, 3.63) is 90.6 Å². The van der Waals surface area contributed by atoms with Crippen LogP contribution in [0.1, 0.15) is 5.56 Å². The number of benzene rings is 3. The highest BCUT2D eigenvalue weighted by molar-refractivity contribution is 7.89. The fraction of sp³-hybridized carbons (Fsp3) is 0.0870. The zero-order chi connectivity index (χ0) is 22.6. The number of carbonyl (C=O) groups excluding carboxylic acids is 1. The SMILES string of the molecule is O=C(NO)C(Cc1c[nH]c2ccccc12)NS(=O)(=O)c1ccc(Oc2ccccc2)cc1. The van der Waals surface area contributed by atoms with Gasteiger partial charge in [-0.3, -0.25) is 10.0 Å². The van der Waals surface area contributed by atoms with Crippen molar-refractivity contribution in [3.8, 4) is 11.5 Å². The topological polar surface area (TPSA) is 121 Å². The normalized spacial score (nSPS) is 12.4. The molecule has 0 spiro atoms. The van der Waals surface area contributed by atoms with E-state index in [-0.39, 0.29) is 11.3 Å². The van der Waals surface area contributed by atoms with Gasteiger partial charge in [0.25, 0.3) is 5.91 Å². The Morgan fingerprint density at radius 1 is 0.938 bits per heavy atom. The van der Waals surface area contributed by atoms with Gasteiger partial charge in [0.2, 0.25) is 10.0 Å². The molecule has 9 heteroatoms. The minimum atomic E-state index is -4.05. The first-order valence-electron chi connectivity index (χ1n) is 9.80. The van der Waals surface area contributed by atoms with Crippen molar-refractivity contribution in [2.24, 2.45) is 0 Å². The molecule has 1 heterocycles. The van der Waals surface area contributed by atoms with Crippen LogP contribution in [0.2, 0.25) is 0 Å². The molecule has 0 aliphatic rings. The maximum Gasteiger partial charge on any atom is 0.261 e. The lowest BCUT2D eigenvalue weighted by Gasteiger charge is -2.17. The van der Waals surface area contributed by atoms with Crippen LogP contribution in [-0.2, 0) is 21.2 Å². The molecule has 0 saturated heterocycles. The fourth-order valence-electron chi connectivity index (χ4n) is 3.35. The van der Waals surface area contributed by atoms with E-state index in [1.165, 1.54) is 29.7 Å². The van der Waals surface area contributed by atoms with Crippen molar-refractivity contribution in [1.29, 1.82) is 0 Å². The Labute approximate surface area is 184 Å². The molecule has 1 unspecified atom stereocenters. The van der Waals surface area contributed by atoms with E-state index in [2.05, 4.69) is 9.71 Å². The minimum absolute atomic E-state index is 0.0346. The zero-order valence-electron chi connectivity index (χ0n) is 16.9. The first-order chi connectivity index (χ1) is 15.5. The number of carbonyl (C=O) groups is 1. The van der Waals surface area contributed by atoms with Gasteiger partial charge in [-0.05, 0) is 54.4 Å². The summed E-state index contributed by atoms with van der Waals surface area (Å²) in [6, 6.07) is 21.2. The van der Waals surface area contributed by atoms with E-state index in [9.17, 15) is 13.2 Å². The number of nitrogens with one attached hydrogen (secondary N) is 3. The van der Waals surface area contributed by atoms with Gasteiger partial charge in [0.1, 0.15) is 17.5 Å². The number of hydroxylamine groups is 1. The lowest BCUT2D eigenvalue weighted by molar-refractivity contribution is -0.130. The summed E-state index contributed by atoms with van der Waals surface area (Å²) in [6.07, 6.45) is 1.76. The van der Waals surface area contributed by atoms with Gasteiger partial charge in [-0.2, -0.15) is 4.72 Å². The monoisotopic (exact) mass is 451 g/mol. The molecule has 3 aromatic carbocycles. The molecule has 32 heavy (non-hydrogen) atoms. The Morgan fingerprint density at radius 3 is 2.31 bits per heavy atom. The highest BCUT2D eigenvalue weighted by Crippen LogP contribution is 2.23. The molecule has 1 aromatic heterocycles. The number of aromatic nitrogens is 1. The molecule has 164 valence electrons. The zero-order valence-corrected chi connectivity index (χ0v) is 17.7. The number of sulfonamides is 1. The number of aromatic amines is 1. The van der Waals surface area contributed by atoms with Crippen LogP contribution in [0.25, 0.3) is 10.9 Å². The molecule has 0 saturated carbocycles. The van der Waals surface area contributed by atoms with Crippen LogP contribution < -0.4 is 14.9 Å². The number of H-pyrrole nitrogens is 1. The summed E-state index contributed by atoms with van der Waals surface area (Å²) in [6.45, 7) is 0. The summed E-state index contributed by atoms with van der Waals surface area (Å²) >= 11 is 0. The second-order valence-electron chi connectivity index (χ2n) is 7.10. The van der Waals surface area contributed by atoms with E-state index in [0.29, 0.717) is 11.5 Å². The number of hydrogen-bond acceptors (Lipinski definition) is 5. The Kier molecular flexibility index (Phi) is 6.22. The summed E-state index contributed by atoms with van der Waals surface area (Å²) in [7, 11) is -4.05. The molecule has 8 nitrogen and oxygen atoms in total. The molecule has 0 radical (unpaired) electrons. The van der Waals surface area contributed by atoms with Crippen LogP contribution >= 0.6 is 0 Å². The number of amides is 1. The summed E-state index contributed by atoms with van der Waals surface area (Å²) in [5.74, 6) is 0.237. The maximum atomic E-state index is 12.9. The summed E-state index contributed by atoms with van der Waals surface area (Å²) < 4.78 is 33.9. The van der Waals surface area contributed by atoms with E-state index in [1.54, 1.807) is 18.3 Å². The van der Waals surface area contributed by atoms with Crippen LogP contribution in [0.5, 0.6) is 11.5 Å². The third-order valence-corrected chi connectivity index (χ3v) is 6.42. The quantitative estimate of drug-likeness (QED) is 0.242. The lowest BCUT2D eigenvalue weighted by atomic mass is 10.1. The predicted octanol–water partition coefficient (Wildman–Crippen LogP) is 3.36. The van der Waals surface area contributed by atoms with Gasteiger partial charge in [0.05, 0.1) is 4.90 Å². The molecule has 0 aliphatic carbocycles. The Hall–Kier alpha value is -3.66.